The van der Waals surface area contributed by atoms with Crippen molar-refractivity contribution in [3.8, 4) is 22.5 Å². The molecular formula is C31H33N7. The predicted molar refractivity (Wildman–Crippen MR) is 153 cm³/mol. The van der Waals surface area contributed by atoms with Crippen LogP contribution in [-0.2, 0) is 0 Å². The third-order valence-corrected chi connectivity index (χ3v) is 8.39. The van der Waals surface area contributed by atoms with E-state index < -0.39 is 0 Å². The van der Waals surface area contributed by atoms with Crippen molar-refractivity contribution in [1.29, 1.82) is 0 Å². The fourth-order valence-electron chi connectivity index (χ4n) is 6.14. The van der Waals surface area contributed by atoms with E-state index in [0.29, 0.717) is 17.8 Å². The highest BCUT2D eigenvalue weighted by atomic mass is 15.2. The summed E-state index contributed by atoms with van der Waals surface area (Å²) in [7, 11) is 2.23. The Bertz CT molecular complexity index is 1600. The van der Waals surface area contributed by atoms with Gasteiger partial charge < -0.3 is 10.6 Å². The zero-order chi connectivity index (χ0) is 25.6. The molecule has 2 fully saturated rings. The van der Waals surface area contributed by atoms with Crippen LogP contribution in [0.2, 0.25) is 0 Å². The van der Waals surface area contributed by atoms with Crippen LogP contribution in [0.4, 0.5) is 5.82 Å². The van der Waals surface area contributed by atoms with Crippen molar-refractivity contribution in [2.24, 2.45) is 0 Å². The molecular weight excluding hydrogens is 470 g/mol. The van der Waals surface area contributed by atoms with Gasteiger partial charge >= 0.3 is 0 Å². The topological polar surface area (TPSA) is 75.6 Å². The number of nitrogens with two attached hydrogens (primary N) is 1. The minimum absolute atomic E-state index is 0.423. The molecule has 0 bridgehead atoms. The number of benzene rings is 2. The van der Waals surface area contributed by atoms with Gasteiger partial charge in [-0.3, -0.25) is 9.30 Å². The van der Waals surface area contributed by atoms with E-state index in [4.69, 9.17) is 15.7 Å². The standard InChI is InChI=1S/C31H33N7/c1-36-13-5-14-37(17-16-36)25-18-24(19-25)31-35-28(29-30(32)33-12-15-38(29)31)23-9-8-22-10-11-26(34-27(22)20-23)21-6-3-2-4-7-21/h2-4,6-12,15,20,24-25H,5,13-14,16-19H2,1H3,(H2,32,33). The lowest BCUT2D eigenvalue weighted by Crippen LogP contribution is -2.45. The third kappa shape index (κ3) is 4.12. The number of pyridine rings is 1. The molecule has 1 aliphatic heterocycles. The van der Waals surface area contributed by atoms with Gasteiger partial charge in [0.1, 0.15) is 22.9 Å². The van der Waals surface area contributed by atoms with Gasteiger partial charge in [-0.15, -0.1) is 0 Å². The monoisotopic (exact) mass is 503 g/mol. The van der Waals surface area contributed by atoms with Crippen molar-refractivity contribution >= 4 is 22.2 Å². The number of anilines is 1. The zero-order valence-corrected chi connectivity index (χ0v) is 21.8. The molecule has 0 amide bonds. The maximum atomic E-state index is 6.45. The van der Waals surface area contributed by atoms with E-state index in [0.717, 1.165) is 70.7 Å². The Morgan fingerprint density at radius 2 is 1.71 bits per heavy atom. The van der Waals surface area contributed by atoms with Crippen molar-refractivity contribution in [3.63, 3.8) is 0 Å². The Morgan fingerprint density at radius 3 is 2.58 bits per heavy atom. The molecule has 192 valence electrons. The Labute approximate surface area is 223 Å². The number of imidazole rings is 1. The molecule has 7 nitrogen and oxygen atoms in total. The maximum Gasteiger partial charge on any atom is 0.150 e. The minimum atomic E-state index is 0.423. The molecule has 1 saturated heterocycles. The van der Waals surface area contributed by atoms with Gasteiger partial charge in [0.25, 0.3) is 0 Å². The molecule has 38 heavy (non-hydrogen) atoms. The summed E-state index contributed by atoms with van der Waals surface area (Å²) in [6.45, 7) is 4.71. The van der Waals surface area contributed by atoms with Crippen LogP contribution in [0, 0.1) is 0 Å². The fourth-order valence-corrected chi connectivity index (χ4v) is 6.14. The van der Waals surface area contributed by atoms with Crippen LogP contribution in [0.5, 0.6) is 0 Å². The van der Waals surface area contributed by atoms with Crippen LogP contribution < -0.4 is 5.73 Å². The lowest BCUT2D eigenvalue weighted by Gasteiger charge is -2.42. The largest absolute Gasteiger partial charge is 0.382 e. The molecule has 2 aromatic carbocycles. The highest BCUT2D eigenvalue weighted by Crippen LogP contribution is 2.42. The second-order valence-electron chi connectivity index (χ2n) is 10.8. The van der Waals surface area contributed by atoms with Crippen LogP contribution in [0.25, 0.3) is 38.9 Å². The van der Waals surface area contributed by atoms with E-state index in [1.54, 1.807) is 6.20 Å². The first-order valence-corrected chi connectivity index (χ1v) is 13.7. The number of likely N-dealkylation sites (N-methyl/N-ethyl adjacent to an activating group) is 1. The highest BCUT2D eigenvalue weighted by Gasteiger charge is 2.37. The summed E-state index contributed by atoms with van der Waals surface area (Å²) in [5.41, 5.74) is 12.3. The second kappa shape index (κ2) is 9.49. The lowest BCUT2D eigenvalue weighted by molar-refractivity contribution is 0.110. The number of nitrogens with zero attached hydrogens (tertiary/aromatic N) is 6. The molecule has 0 unspecified atom stereocenters. The van der Waals surface area contributed by atoms with E-state index in [2.05, 4.69) is 68.7 Å². The first-order chi connectivity index (χ1) is 18.6. The van der Waals surface area contributed by atoms with Gasteiger partial charge in [-0.05, 0) is 51.5 Å². The van der Waals surface area contributed by atoms with Crippen LogP contribution in [-0.4, -0.2) is 68.4 Å². The van der Waals surface area contributed by atoms with Gasteiger partial charge in [0, 0.05) is 54.0 Å². The van der Waals surface area contributed by atoms with Gasteiger partial charge in [0.2, 0.25) is 0 Å². The summed E-state index contributed by atoms with van der Waals surface area (Å²) in [4.78, 5) is 19.8. The summed E-state index contributed by atoms with van der Waals surface area (Å²) >= 11 is 0. The van der Waals surface area contributed by atoms with Gasteiger partial charge in [-0.1, -0.05) is 48.5 Å². The summed E-state index contributed by atoms with van der Waals surface area (Å²) in [5, 5.41) is 1.10. The minimum Gasteiger partial charge on any atom is -0.382 e. The van der Waals surface area contributed by atoms with Crippen molar-refractivity contribution in [2.75, 3.05) is 39.0 Å². The SMILES string of the molecule is CN1CCCN(C2CC(c3nc(-c4ccc5ccc(-c6ccccc6)nc5c4)c4c(N)nccn34)C2)CC1. The number of fused-ring (bicyclic) bond motifs is 2. The quantitative estimate of drug-likeness (QED) is 0.369. The predicted octanol–water partition coefficient (Wildman–Crippen LogP) is 5.08. The highest BCUT2D eigenvalue weighted by molar-refractivity contribution is 5.91. The Balaban J connectivity index is 1.23. The van der Waals surface area contributed by atoms with Crippen molar-refractivity contribution in [3.05, 3.63) is 78.9 Å². The molecule has 4 heterocycles. The van der Waals surface area contributed by atoms with Gasteiger partial charge in [0.15, 0.2) is 0 Å². The van der Waals surface area contributed by atoms with Crippen molar-refractivity contribution in [2.45, 2.75) is 31.2 Å². The normalized spacial score (nSPS) is 21.0. The molecule has 1 saturated carbocycles. The molecule has 7 heteroatoms. The molecule has 0 radical (unpaired) electrons. The van der Waals surface area contributed by atoms with Crippen molar-refractivity contribution in [1.82, 2.24) is 29.2 Å². The molecule has 3 aromatic heterocycles. The third-order valence-electron chi connectivity index (χ3n) is 8.39. The van der Waals surface area contributed by atoms with E-state index in [9.17, 15) is 0 Å². The summed E-state index contributed by atoms with van der Waals surface area (Å²) in [6.07, 6.45) is 7.33. The average molecular weight is 504 g/mol. The van der Waals surface area contributed by atoms with Gasteiger partial charge in [-0.25, -0.2) is 15.0 Å². The number of aromatic nitrogens is 4. The second-order valence-corrected chi connectivity index (χ2v) is 10.8. The van der Waals surface area contributed by atoms with E-state index in [-0.39, 0.29) is 0 Å². The molecule has 2 aliphatic rings. The van der Waals surface area contributed by atoms with Crippen LogP contribution in [0.15, 0.2) is 73.1 Å². The molecule has 7 rings (SSSR count). The van der Waals surface area contributed by atoms with Crippen molar-refractivity contribution < 1.29 is 0 Å². The van der Waals surface area contributed by atoms with E-state index in [1.165, 1.54) is 19.5 Å². The van der Waals surface area contributed by atoms with Gasteiger partial charge in [0.05, 0.1) is 11.2 Å². The molecule has 1 aliphatic carbocycles. The van der Waals surface area contributed by atoms with E-state index in [1.807, 2.05) is 24.4 Å². The fraction of sp³-hybridized carbons (Fsp3) is 0.323. The summed E-state index contributed by atoms with van der Waals surface area (Å²) in [6, 6.07) is 21.5. The van der Waals surface area contributed by atoms with E-state index >= 15 is 0 Å². The number of hydrogen-bond acceptors (Lipinski definition) is 6. The molecule has 5 aromatic rings. The number of rotatable bonds is 4. The smallest absolute Gasteiger partial charge is 0.150 e. The molecule has 2 N–H and O–H groups in total. The Kier molecular flexibility index (Phi) is 5.82. The maximum absolute atomic E-state index is 6.45. The number of hydrogen-bond donors (Lipinski definition) is 1. The first-order valence-electron chi connectivity index (χ1n) is 13.7. The number of nitrogen functional groups attached to an aromatic ring is 1. The summed E-state index contributed by atoms with van der Waals surface area (Å²) < 4.78 is 2.17. The van der Waals surface area contributed by atoms with Crippen LogP contribution in [0.3, 0.4) is 0 Å². The summed E-state index contributed by atoms with van der Waals surface area (Å²) in [5.74, 6) is 2.03. The average Bonchev–Trinajstić information content (AvgIpc) is 3.18. The molecule has 0 atom stereocenters. The molecule has 0 spiro atoms. The van der Waals surface area contributed by atoms with Crippen LogP contribution in [0.1, 0.15) is 31.0 Å². The van der Waals surface area contributed by atoms with Crippen LogP contribution >= 0.6 is 0 Å². The van der Waals surface area contributed by atoms with Gasteiger partial charge in [-0.2, -0.15) is 0 Å². The Hall–Kier alpha value is -3.81. The lowest BCUT2D eigenvalue weighted by atomic mass is 9.78. The first kappa shape index (κ1) is 23.3. The Morgan fingerprint density at radius 1 is 0.868 bits per heavy atom. The zero-order valence-electron chi connectivity index (χ0n) is 21.8.